The lowest BCUT2D eigenvalue weighted by molar-refractivity contribution is -0.141. The van der Waals surface area contributed by atoms with Gasteiger partial charge in [-0.1, -0.05) is 12.2 Å². The summed E-state index contributed by atoms with van der Waals surface area (Å²) in [5.41, 5.74) is 0. The highest BCUT2D eigenvalue weighted by atomic mass is 16.5. The van der Waals surface area contributed by atoms with Crippen molar-refractivity contribution < 1.29 is 14.3 Å². The summed E-state index contributed by atoms with van der Waals surface area (Å²) in [6.45, 7) is -0.0322. The van der Waals surface area contributed by atoms with E-state index in [9.17, 15) is 9.59 Å². The lowest BCUT2D eigenvalue weighted by Gasteiger charge is -2.16. The average Bonchev–Trinajstić information content (AvgIpc) is 2.26. The number of hydrogen-bond donors (Lipinski definition) is 1. The van der Waals surface area contributed by atoms with E-state index in [-0.39, 0.29) is 18.4 Å². The van der Waals surface area contributed by atoms with Crippen LogP contribution < -0.4 is 5.32 Å². The summed E-state index contributed by atoms with van der Waals surface area (Å²) in [6.07, 6.45) is 6.66. The van der Waals surface area contributed by atoms with Crippen molar-refractivity contribution in [2.75, 3.05) is 13.7 Å². The number of ether oxygens (including phenoxy) is 1. The zero-order valence-electron chi connectivity index (χ0n) is 8.29. The fourth-order valence-corrected chi connectivity index (χ4v) is 1.41. The molecule has 0 saturated heterocycles. The van der Waals surface area contributed by atoms with Crippen molar-refractivity contribution in [3.8, 4) is 0 Å². The first kappa shape index (κ1) is 10.8. The molecule has 0 spiro atoms. The third-order valence-corrected chi connectivity index (χ3v) is 2.27. The fraction of sp³-hybridized carbons (Fsp3) is 0.600. The SMILES string of the molecule is COC(=O)CNC(=O)C1CC=CCC1. The molecule has 4 heteroatoms. The number of carbonyl (C=O) groups excluding carboxylic acids is 2. The predicted molar refractivity (Wildman–Crippen MR) is 51.5 cm³/mol. The summed E-state index contributed by atoms with van der Waals surface area (Å²) in [7, 11) is 1.30. The molecule has 1 amide bonds. The molecule has 0 fully saturated rings. The first-order valence-corrected chi connectivity index (χ1v) is 4.73. The molecule has 0 radical (unpaired) electrons. The van der Waals surface area contributed by atoms with E-state index in [1.54, 1.807) is 0 Å². The number of hydrogen-bond acceptors (Lipinski definition) is 3. The third-order valence-electron chi connectivity index (χ3n) is 2.27. The Kier molecular flexibility index (Phi) is 4.16. The van der Waals surface area contributed by atoms with Gasteiger partial charge in [0.1, 0.15) is 6.54 Å². The second-order valence-corrected chi connectivity index (χ2v) is 3.28. The summed E-state index contributed by atoms with van der Waals surface area (Å²) < 4.78 is 4.42. The van der Waals surface area contributed by atoms with Gasteiger partial charge in [-0.15, -0.1) is 0 Å². The van der Waals surface area contributed by atoms with Crippen LogP contribution in [-0.4, -0.2) is 25.5 Å². The number of allylic oxidation sites excluding steroid dienone is 2. The van der Waals surface area contributed by atoms with Gasteiger partial charge >= 0.3 is 5.97 Å². The lowest BCUT2D eigenvalue weighted by Crippen LogP contribution is -2.35. The Morgan fingerprint density at radius 2 is 2.29 bits per heavy atom. The summed E-state index contributed by atoms with van der Waals surface area (Å²) in [5, 5.41) is 2.56. The van der Waals surface area contributed by atoms with Gasteiger partial charge in [0, 0.05) is 5.92 Å². The molecule has 0 aromatic rings. The maximum Gasteiger partial charge on any atom is 0.325 e. The monoisotopic (exact) mass is 197 g/mol. The molecule has 0 bridgehead atoms. The Balaban J connectivity index is 2.27. The Hall–Kier alpha value is -1.32. The Labute approximate surface area is 83.3 Å². The fourth-order valence-electron chi connectivity index (χ4n) is 1.41. The van der Waals surface area contributed by atoms with E-state index in [0.717, 1.165) is 19.3 Å². The van der Waals surface area contributed by atoms with Crippen molar-refractivity contribution in [1.29, 1.82) is 0 Å². The van der Waals surface area contributed by atoms with Crippen molar-refractivity contribution in [3.63, 3.8) is 0 Å². The van der Waals surface area contributed by atoms with E-state index in [1.807, 2.05) is 6.08 Å². The molecule has 0 heterocycles. The van der Waals surface area contributed by atoms with Crippen LogP contribution in [0.2, 0.25) is 0 Å². The largest absolute Gasteiger partial charge is 0.468 e. The van der Waals surface area contributed by atoms with Crippen LogP contribution in [0.1, 0.15) is 19.3 Å². The van der Waals surface area contributed by atoms with Crippen LogP contribution >= 0.6 is 0 Å². The summed E-state index contributed by atoms with van der Waals surface area (Å²) in [6, 6.07) is 0. The van der Waals surface area contributed by atoms with E-state index in [4.69, 9.17) is 0 Å². The molecule has 1 aliphatic carbocycles. The number of rotatable bonds is 3. The van der Waals surface area contributed by atoms with Gasteiger partial charge in [-0.05, 0) is 19.3 Å². The highest BCUT2D eigenvalue weighted by Crippen LogP contribution is 2.17. The maximum atomic E-state index is 11.5. The van der Waals surface area contributed by atoms with Gasteiger partial charge in [-0.3, -0.25) is 9.59 Å². The molecule has 1 rings (SSSR count). The number of methoxy groups -OCH3 is 1. The zero-order valence-corrected chi connectivity index (χ0v) is 8.29. The van der Waals surface area contributed by atoms with E-state index < -0.39 is 5.97 Å². The molecule has 14 heavy (non-hydrogen) atoms. The molecule has 1 unspecified atom stereocenters. The zero-order chi connectivity index (χ0) is 10.4. The van der Waals surface area contributed by atoms with Crippen LogP contribution in [0, 0.1) is 5.92 Å². The first-order valence-electron chi connectivity index (χ1n) is 4.73. The average molecular weight is 197 g/mol. The van der Waals surface area contributed by atoms with E-state index >= 15 is 0 Å². The van der Waals surface area contributed by atoms with Gasteiger partial charge in [0.25, 0.3) is 0 Å². The molecular weight excluding hydrogens is 182 g/mol. The van der Waals surface area contributed by atoms with E-state index in [0.29, 0.717) is 0 Å². The van der Waals surface area contributed by atoms with Gasteiger partial charge in [0.15, 0.2) is 0 Å². The van der Waals surface area contributed by atoms with Crippen LogP contribution in [0.5, 0.6) is 0 Å². The molecule has 0 aliphatic heterocycles. The molecule has 1 atom stereocenters. The van der Waals surface area contributed by atoms with Crippen molar-refractivity contribution in [1.82, 2.24) is 5.32 Å². The maximum absolute atomic E-state index is 11.5. The first-order chi connectivity index (χ1) is 6.74. The minimum atomic E-state index is -0.412. The van der Waals surface area contributed by atoms with Gasteiger partial charge in [-0.25, -0.2) is 0 Å². The second-order valence-electron chi connectivity index (χ2n) is 3.28. The smallest absolute Gasteiger partial charge is 0.325 e. The minimum Gasteiger partial charge on any atom is -0.468 e. The van der Waals surface area contributed by atoms with Crippen LogP contribution in [0.15, 0.2) is 12.2 Å². The standard InChI is InChI=1S/C10H15NO3/c1-14-9(12)7-11-10(13)8-5-3-2-4-6-8/h2-3,8H,4-7H2,1H3,(H,11,13). The van der Waals surface area contributed by atoms with Crippen molar-refractivity contribution in [2.24, 2.45) is 5.92 Å². The highest BCUT2D eigenvalue weighted by Gasteiger charge is 2.18. The highest BCUT2D eigenvalue weighted by molar-refractivity contribution is 5.83. The lowest BCUT2D eigenvalue weighted by atomic mass is 9.94. The molecule has 1 aliphatic rings. The molecule has 1 N–H and O–H groups in total. The van der Waals surface area contributed by atoms with Crippen LogP contribution in [0.25, 0.3) is 0 Å². The normalized spacial score (nSPS) is 20.2. The van der Waals surface area contributed by atoms with Gasteiger partial charge < -0.3 is 10.1 Å². The van der Waals surface area contributed by atoms with Crippen molar-refractivity contribution in [3.05, 3.63) is 12.2 Å². The van der Waals surface area contributed by atoms with Crippen LogP contribution in [0.3, 0.4) is 0 Å². The van der Waals surface area contributed by atoms with Gasteiger partial charge in [0.2, 0.25) is 5.91 Å². The van der Waals surface area contributed by atoms with Crippen LogP contribution in [0.4, 0.5) is 0 Å². The molecular formula is C10H15NO3. The Morgan fingerprint density at radius 1 is 1.50 bits per heavy atom. The van der Waals surface area contributed by atoms with Crippen molar-refractivity contribution in [2.45, 2.75) is 19.3 Å². The number of amides is 1. The van der Waals surface area contributed by atoms with E-state index in [2.05, 4.69) is 16.1 Å². The number of esters is 1. The van der Waals surface area contributed by atoms with Gasteiger partial charge in [0.05, 0.1) is 7.11 Å². The molecule has 0 aromatic heterocycles. The third kappa shape index (κ3) is 3.20. The second kappa shape index (κ2) is 5.42. The Morgan fingerprint density at radius 3 is 2.86 bits per heavy atom. The quantitative estimate of drug-likeness (QED) is 0.533. The molecule has 0 saturated carbocycles. The van der Waals surface area contributed by atoms with Crippen molar-refractivity contribution >= 4 is 11.9 Å². The van der Waals surface area contributed by atoms with Crippen LogP contribution in [-0.2, 0) is 14.3 Å². The predicted octanol–water partition coefficient (Wildman–Crippen LogP) is 0.632. The molecule has 4 nitrogen and oxygen atoms in total. The molecule has 78 valence electrons. The van der Waals surface area contributed by atoms with Gasteiger partial charge in [-0.2, -0.15) is 0 Å². The van der Waals surface area contributed by atoms with E-state index in [1.165, 1.54) is 7.11 Å². The minimum absolute atomic E-state index is 0.0182. The number of carbonyl (C=O) groups is 2. The summed E-state index contributed by atoms with van der Waals surface area (Å²) in [5.74, 6) is -0.450. The summed E-state index contributed by atoms with van der Waals surface area (Å²) in [4.78, 5) is 22.2. The number of nitrogens with one attached hydrogen (secondary N) is 1. The topological polar surface area (TPSA) is 55.4 Å². The summed E-state index contributed by atoms with van der Waals surface area (Å²) >= 11 is 0. The molecule has 0 aromatic carbocycles. The Bertz CT molecular complexity index is 248.